The Labute approximate surface area is 245 Å². The van der Waals surface area contributed by atoms with Gasteiger partial charge in [0, 0.05) is 36.0 Å². The third-order valence-electron chi connectivity index (χ3n) is 8.88. The molecular formula is C32H36ClN3O5. The zero-order valence-corrected chi connectivity index (χ0v) is 24.0. The molecule has 3 heterocycles. The molecule has 2 aromatic rings. The SMILES string of the molecule is C=CCN(C(=O)C1N(CCO)C(=O)[C@@H]2[C@@H](C(=O)N(CC=C)c3ccccc3)[C@@]3(CC)CCC12O3)c1ccc(Cl)cc1. The maximum atomic E-state index is 14.5. The molecule has 0 radical (unpaired) electrons. The average Bonchev–Trinajstić information content (AvgIpc) is 3.59. The molecule has 0 aliphatic carbocycles. The van der Waals surface area contributed by atoms with Crippen LogP contribution in [-0.4, -0.2) is 71.2 Å². The number of anilines is 2. The van der Waals surface area contributed by atoms with E-state index in [4.69, 9.17) is 16.3 Å². The third-order valence-corrected chi connectivity index (χ3v) is 9.14. The Morgan fingerprint density at radius 3 is 2.22 bits per heavy atom. The summed E-state index contributed by atoms with van der Waals surface area (Å²) in [5.74, 6) is -2.57. The van der Waals surface area contributed by atoms with Gasteiger partial charge in [0.25, 0.3) is 5.91 Å². The van der Waals surface area contributed by atoms with Gasteiger partial charge in [0.15, 0.2) is 0 Å². The van der Waals surface area contributed by atoms with Crippen molar-refractivity contribution >= 4 is 40.7 Å². The Balaban J connectivity index is 1.60. The number of hydrogen-bond donors (Lipinski definition) is 1. The first-order chi connectivity index (χ1) is 19.8. The number of amides is 3. The molecule has 2 aromatic carbocycles. The van der Waals surface area contributed by atoms with Crippen LogP contribution in [0, 0.1) is 11.8 Å². The van der Waals surface area contributed by atoms with E-state index in [1.165, 1.54) is 4.90 Å². The predicted molar refractivity (Wildman–Crippen MR) is 159 cm³/mol. The molecule has 3 saturated heterocycles. The van der Waals surface area contributed by atoms with Crippen molar-refractivity contribution in [1.82, 2.24) is 4.90 Å². The van der Waals surface area contributed by atoms with E-state index in [2.05, 4.69) is 13.2 Å². The van der Waals surface area contributed by atoms with Gasteiger partial charge in [-0.1, -0.05) is 48.9 Å². The van der Waals surface area contributed by atoms with Gasteiger partial charge in [0.05, 0.1) is 24.0 Å². The Kier molecular flexibility index (Phi) is 8.10. The molecule has 41 heavy (non-hydrogen) atoms. The van der Waals surface area contributed by atoms with Gasteiger partial charge in [0.2, 0.25) is 11.8 Å². The van der Waals surface area contributed by atoms with Gasteiger partial charge in [-0.15, -0.1) is 13.2 Å². The number of para-hydroxylation sites is 1. The standard InChI is InChI=1S/C32H36ClN3O5/c1-4-18-34(23-10-8-7-9-11-23)28(38)25-26-29(39)36(20-21-37)27(32(26)17-16-31(25,6-3)41-32)30(40)35(19-5-2)24-14-12-22(33)13-15-24/h4-5,7-15,25-27,37H,1-2,6,16-21H2,3H3/t25-,26-,27?,31+,32?/m0/s1. The predicted octanol–water partition coefficient (Wildman–Crippen LogP) is 4.23. The lowest BCUT2D eigenvalue weighted by Crippen LogP contribution is -2.57. The van der Waals surface area contributed by atoms with Crippen LogP contribution in [0.25, 0.3) is 0 Å². The van der Waals surface area contributed by atoms with Crippen LogP contribution in [0.1, 0.15) is 26.2 Å². The minimum Gasteiger partial charge on any atom is -0.395 e. The summed E-state index contributed by atoms with van der Waals surface area (Å²) >= 11 is 6.11. The van der Waals surface area contributed by atoms with Crippen molar-refractivity contribution in [3.8, 4) is 0 Å². The van der Waals surface area contributed by atoms with Crippen molar-refractivity contribution < 1.29 is 24.2 Å². The van der Waals surface area contributed by atoms with Gasteiger partial charge in [0.1, 0.15) is 11.6 Å². The Hall–Kier alpha value is -3.46. The lowest BCUT2D eigenvalue weighted by Gasteiger charge is -2.37. The average molecular weight is 578 g/mol. The van der Waals surface area contributed by atoms with Crippen molar-refractivity contribution in [1.29, 1.82) is 0 Å². The van der Waals surface area contributed by atoms with Crippen molar-refractivity contribution in [2.45, 2.75) is 43.4 Å². The molecule has 2 unspecified atom stereocenters. The first-order valence-electron chi connectivity index (χ1n) is 14.0. The second-order valence-electron chi connectivity index (χ2n) is 10.9. The van der Waals surface area contributed by atoms with E-state index in [-0.39, 0.29) is 44.0 Å². The maximum absolute atomic E-state index is 14.5. The highest BCUT2D eigenvalue weighted by molar-refractivity contribution is 6.30. The lowest BCUT2D eigenvalue weighted by molar-refractivity contribution is -0.146. The zero-order valence-electron chi connectivity index (χ0n) is 23.2. The normalized spacial score (nSPS) is 27.9. The fraction of sp³-hybridized carbons (Fsp3) is 0.406. The summed E-state index contributed by atoms with van der Waals surface area (Å²) in [5, 5.41) is 10.5. The van der Waals surface area contributed by atoms with Gasteiger partial charge in [-0.25, -0.2) is 0 Å². The van der Waals surface area contributed by atoms with Crippen molar-refractivity contribution in [2.24, 2.45) is 11.8 Å². The molecule has 5 atom stereocenters. The van der Waals surface area contributed by atoms with Crippen LogP contribution < -0.4 is 9.80 Å². The van der Waals surface area contributed by atoms with E-state index in [0.29, 0.717) is 35.7 Å². The summed E-state index contributed by atoms with van der Waals surface area (Å²) in [6, 6.07) is 15.2. The minimum absolute atomic E-state index is 0.0471. The number of nitrogens with zero attached hydrogens (tertiary/aromatic N) is 3. The van der Waals surface area contributed by atoms with Gasteiger partial charge in [-0.05, 0) is 55.7 Å². The highest BCUT2D eigenvalue weighted by atomic mass is 35.5. The first kappa shape index (κ1) is 29.0. The molecule has 0 aromatic heterocycles. The monoisotopic (exact) mass is 577 g/mol. The van der Waals surface area contributed by atoms with Crippen LogP contribution in [0.2, 0.25) is 5.02 Å². The number of rotatable bonds is 11. The number of hydrogen-bond acceptors (Lipinski definition) is 5. The summed E-state index contributed by atoms with van der Waals surface area (Å²) in [4.78, 5) is 47.8. The number of halogens is 1. The fourth-order valence-electron chi connectivity index (χ4n) is 7.17. The Bertz CT molecular complexity index is 1330. The summed E-state index contributed by atoms with van der Waals surface area (Å²) in [6.07, 6.45) is 4.79. The van der Waals surface area contributed by atoms with Gasteiger partial charge in [-0.3, -0.25) is 14.4 Å². The molecule has 0 saturated carbocycles. The van der Waals surface area contributed by atoms with Crippen LogP contribution in [0.15, 0.2) is 79.9 Å². The van der Waals surface area contributed by atoms with Crippen LogP contribution in [0.5, 0.6) is 0 Å². The summed E-state index contributed by atoms with van der Waals surface area (Å²) < 4.78 is 6.87. The fourth-order valence-corrected chi connectivity index (χ4v) is 7.29. The largest absolute Gasteiger partial charge is 0.395 e. The number of carbonyl (C=O) groups is 3. The van der Waals surface area contributed by atoms with E-state index < -0.39 is 29.1 Å². The number of β-amino-alcohol motifs (C(OH)–C–C–N with tert-alkyl or cyclic N) is 1. The Morgan fingerprint density at radius 2 is 1.63 bits per heavy atom. The molecule has 3 aliphatic heterocycles. The van der Waals surface area contributed by atoms with Crippen LogP contribution in [-0.2, 0) is 19.1 Å². The molecule has 1 N–H and O–H groups in total. The number of aliphatic hydroxyl groups excluding tert-OH is 1. The second kappa shape index (κ2) is 11.4. The van der Waals surface area contributed by atoms with E-state index in [1.54, 1.807) is 46.2 Å². The second-order valence-corrected chi connectivity index (χ2v) is 11.3. The molecule has 3 aliphatic rings. The quantitative estimate of drug-likeness (QED) is 0.404. The summed E-state index contributed by atoms with van der Waals surface area (Å²) in [5.41, 5.74) is -0.797. The smallest absolute Gasteiger partial charge is 0.253 e. The molecule has 2 bridgehead atoms. The molecule has 3 fully saturated rings. The molecular weight excluding hydrogens is 542 g/mol. The number of likely N-dealkylation sites (tertiary alicyclic amines) is 1. The molecule has 3 amide bonds. The van der Waals surface area contributed by atoms with Crippen molar-refractivity contribution in [2.75, 3.05) is 36.0 Å². The maximum Gasteiger partial charge on any atom is 0.253 e. The van der Waals surface area contributed by atoms with Crippen LogP contribution in [0.3, 0.4) is 0 Å². The minimum atomic E-state index is -1.21. The molecule has 8 nitrogen and oxygen atoms in total. The highest BCUT2D eigenvalue weighted by Gasteiger charge is 2.79. The summed E-state index contributed by atoms with van der Waals surface area (Å²) in [6.45, 7) is 9.73. The van der Waals surface area contributed by atoms with E-state index in [9.17, 15) is 19.5 Å². The number of ether oxygens (including phenoxy) is 1. The van der Waals surface area contributed by atoms with Gasteiger partial charge >= 0.3 is 0 Å². The van der Waals surface area contributed by atoms with Gasteiger partial charge in [-0.2, -0.15) is 0 Å². The highest BCUT2D eigenvalue weighted by Crippen LogP contribution is 2.64. The Morgan fingerprint density at radius 1 is 1.02 bits per heavy atom. The van der Waals surface area contributed by atoms with Crippen molar-refractivity contribution in [3.63, 3.8) is 0 Å². The molecule has 1 spiro atoms. The van der Waals surface area contributed by atoms with E-state index >= 15 is 0 Å². The van der Waals surface area contributed by atoms with Crippen LogP contribution >= 0.6 is 11.6 Å². The summed E-state index contributed by atoms with van der Waals surface area (Å²) in [7, 11) is 0. The first-order valence-corrected chi connectivity index (χ1v) is 14.4. The number of benzene rings is 2. The number of carbonyl (C=O) groups excluding carboxylic acids is 3. The van der Waals surface area contributed by atoms with Gasteiger partial charge < -0.3 is 24.5 Å². The van der Waals surface area contributed by atoms with E-state index in [0.717, 1.165) is 0 Å². The lowest BCUT2D eigenvalue weighted by atomic mass is 9.64. The topological polar surface area (TPSA) is 90.4 Å². The molecule has 5 rings (SSSR count). The van der Waals surface area contributed by atoms with Crippen LogP contribution in [0.4, 0.5) is 11.4 Å². The number of fused-ring (bicyclic) bond motifs is 1. The molecule has 9 heteroatoms. The molecule has 216 valence electrons. The third kappa shape index (κ3) is 4.58. The zero-order chi connectivity index (χ0) is 29.4. The van der Waals surface area contributed by atoms with E-state index in [1.807, 2.05) is 37.3 Å². The number of aliphatic hydroxyl groups is 1. The van der Waals surface area contributed by atoms with Crippen molar-refractivity contribution in [3.05, 3.63) is 84.9 Å².